The van der Waals surface area contributed by atoms with Gasteiger partial charge in [0, 0.05) is 0 Å². The number of hydrogen-bond acceptors (Lipinski definition) is 4. The molecule has 0 amide bonds. The number of aromatic hydroxyl groups is 1. The molecule has 6 nitrogen and oxygen atoms in total. The van der Waals surface area contributed by atoms with E-state index in [0.29, 0.717) is 6.07 Å². The van der Waals surface area contributed by atoms with Crippen LogP contribution in [0.25, 0.3) is 6.08 Å². The van der Waals surface area contributed by atoms with Crippen molar-refractivity contribution in [1.29, 1.82) is 0 Å². The maximum Gasteiger partial charge on any atom is 0.339 e. The Morgan fingerprint density at radius 3 is 2.09 bits per heavy atom. The van der Waals surface area contributed by atoms with Crippen LogP contribution in [0.4, 0.5) is 0 Å². The summed E-state index contributed by atoms with van der Waals surface area (Å²) in [6.07, 6.45) is 1.83. The van der Waals surface area contributed by atoms with Gasteiger partial charge in [0.25, 0.3) is 10.1 Å². The quantitative estimate of drug-likeness (QED) is 0.749. The van der Waals surface area contributed by atoms with E-state index >= 15 is 0 Å². The number of benzene rings is 2. The van der Waals surface area contributed by atoms with E-state index < -0.39 is 32.3 Å². The van der Waals surface area contributed by atoms with Gasteiger partial charge in [-0.1, -0.05) is 43.0 Å². The van der Waals surface area contributed by atoms with Crippen molar-refractivity contribution in [3.63, 3.8) is 0 Å². The van der Waals surface area contributed by atoms with Gasteiger partial charge in [0.15, 0.2) is 0 Å². The van der Waals surface area contributed by atoms with Crippen molar-refractivity contribution in [2.45, 2.75) is 4.90 Å². The lowest BCUT2D eigenvalue weighted by molar-refractivity contribution is 0.0693. The molecular weight excluding hydrogens is 308 g/mol. The van der Waals surface area contributed by atoms with Crippen LogP contribution in [0.2, 0.25) is 0 Å². The van der Waals surface area contributed by atoms with Crippen LogP contribution in [0.15, 0.2) is 60.0 Å². The number of rotatable bonds is 3. The van der Waals surface area contributed by atoms with Gasteiger partial charge in [-0.2, -0.15) is 8.42 Å². The molecule has 2 aromatic rings. The van der Waals surface area contributed by atoms with Crippen LogP contribution in [-0.2, 0) is 10.1 Å². The summed E-state index contributed by atoms with van der Waals surface area (Å²) in [5.74, 6) is -2.04. The van der Waals surface area contributed by atoms with Crippen molar-refractivity contribution in [1.82, 2.24) is 0 Å². The highest BCUT2D eigenvalue weighted by Crippen LogP contribution is 2.20. The number of aromatic carboxylic acids is 1. The Hall–Kier alpha value is -2.64. The number of hydrogen-bond donors (Lipinski definition) is 3. The SMILES string of the molecule is C=Cc1ccccc1.O=C(O)c1cc(S(=O)(=O)O)ccc1O. The second-order valence-corrected chi connectivity index (χ2v) is 5.50. The third kappa shape index (κ3) is 5.04. The van der Waals surface area contributed by atoms with E-state index in [0.717, 1.165) is 12.1 Å². The van der Waals surface area contributed by atoms with Crippen LogP contribution in [0.5, 0.6) is 5.75 Å². The summed E-state index contributed by atoms with van der Waals surface area (Å²) in [5, 5.41) is 17.5. The van der Waals surface area contributed by atoms with Crippen LogP contribution < -0.4 is 0 Å². The molecule has 0 unspecified atom stereocenters. The molecule has 3 N–H and O–H groups in total. The molecule has 0 spiro atoms. The molecule has 0 saturated heterocycles. The highest BCUT2D eigenvalue weighted by Gasteiger charge is 2.16. The van der Waals surface area contributed by atoms with E-state index in [1.54, 1.807) is 0 Å². The van der Waals surface area contributed by atoms with E-state index in [1.807, 2.05) is 36.4 Å². The number of phenols is 1. The monoisotopic (exact) mass is 322 g/mol. The third-order valence-corrected chi connectivity index (χ3v) is 3.38. The van der Waals surface area contributed by atoms with Crippen molar-refractivity contribution in [3.05, 3.63) is 66.2 Å². The predicted molar refractivity (Wildman–Crippen MR) is 81.4 cm³/mol. The maximum atomic E-state index is 10.6. The molecule has 0 aliphatic heterocycles. The van der Waals surface area contributed by atoms with E-state index in [4.69, 9.17) is 14.8 Å². The van der Waals surface area contributed by atoms with Crippen molar-refractivity contribution in [3.8, 4) is 5.75 Å². The molecule has 0 atom stereocenters. The van der Waals surface area contributed by atoms with Gasteiger partial charge < -0.3 is 10.2 Å². The molecule has 0 heterocycles. The zero-order valence-corrected chi connectivity index (χ0v) is 12.2. The Bertz CT molecular complexity index is 766. The fraction of sp³-hybridized carbons (Fsp3) is 0. The van der Waals surface area contributed by atoms with Crippen LogP contribution in [0.1, 0.15) is 15.9 Å². The van der Waals surface area contributed by atoms with Crippen LogP contribution in [0.3, 0.4) is 0 Å². The fourth-order valence-electron chi connectivity index (χ4n) is 1.44. The Morgan fingerprint density at radius 2 is 1.68 bits per heavy atom. The molecule has 116 valence electrons. The molecule has 2 aromatic carbocycles. The van der Waals surface area contributed by atoms with E-state index in [-0.39, 0.29) is 0 Å². The minimum Gasteiger partial charge on any atom is -0.507 e. The summed E-state index contributed by atoms with van der Waals surface area (Å²) in [7, 11) is -4.45. The van der Waals surface area contributed by atoms with Crippen molar-refractivity contribution in [2.75, 3.05) is 0 Å². The van der Waals surface area contributed by atoms with Gasteiger partial charge in [-0.05, 0) is 23.8 Å². The van der Waals surface area contributed by atoms with Crippen LogP contribution >= 0.6 is 0 Å². The minimum atomic E-state index is -4.45. The van der Waals surface area contributed by atoms with Crippen molar-refractivity contribution >= 4 is 22.2 Å². The molecule has 0 aromatic heterocycles. The normalized spacial score (nSPS) is 10.2. The number of carboxylic acid groups (broad SMARTS) is 1. The highest BCUT2D eigenvalue weighted by molar-refractivity contribution is 7.85. The zero-order chi connectivity index (χ0) is 16.8. The maximum absolute atomic E-state index is 10.6. The second-order valence-electron chi connectivity index (χ2n) is 4.07. The molecular formula is C15H14O6S. The van der Waals surface area contributed by atoms with Gasteiger partial charge in [0.05, 0.1) is 4.90 Å². The molecule has 0 fully saturated rings. The molecule has 0 aliphatic carbocycles. The summed E-state index contributed by atoms with van der Waals surface area (Å²) in [6.45, 7) is 3.63. The van der Waals surface area contributed by atoms with Crippen LogP contribution in [-0.4, -0.2) is 29.2 Å². The first kappa shape index (κ1) is 17.4. The summed E-state index contributed by atoms with van der Waals surface area (Å²) in [5.41, 5.74) is 0.590. The minimum absolute atomic E-state index is 0.565. The molecule has 0 bridgehead atoms. The number of carboxylic acids is 1. The Labute approximate surface area is 127 Å². The van der Waals surface area contributed by atoms with Crippen molar-refractivity contribution in [2.24, 2.45) is 0 Å². The predicted octanol–water partition coefficient (Wildman–Crippen LogP) is 2.67. The summed E-state index contributed by atoms with van der Waals surface area (Å²) in [4.78, 5) is 9.89. The highest BCUT2D eigenvalue weighted by atomic mass is 32.2. The molecule has 2 rings (SSSR count). The number of carbonyl (C=O) groups is 1. The first-order valence-electron chi connectivity index (χ1n) is 5.97. The van der Waals surface area contributed by atoms with Gasteiger partial charge in [0.1, 0.15) is 11.3 Å². The van der Waals surface area contributed by atoms with Gasteiger partial charge in [-0.3, -0.25) is 4.55 Å². The lowest BCUT2D eigenvalue weighted by Crippen LogP contribution is -2.02. The summed E-state index contributed by atoms with van der Waals surface area (Å²) in [6, 6.07) is 12.5. The fourth-order valence-corrected chi connectivity index (χ4v) is 1.94. The summed E-state index contributed by atoms with van der Waals surface area (Å²) >= 11 is 0. The van der Waals surface area contributed by atoms with E-state index in [2.05, 4.69) is 6.58 Å². The topological polar surface area (TPSA) is 112 Å². The van der Waals surface area contributed by atoms with Crippen LogP contribution in [0, 0.1) is 0 Å². The Morgan fingerprint density at radius 1 is 1.09 bits per heavy atom. The smallest absolute Gasteiger partial charge is 0.339 e. The van der Waals surface area contributed by atoms with Gasteiger partial charge in [0.2, 0.25) is 0 Å². The molecule has 0 aliphatic rings. The average Bonchev–Trinajstić information content (AvgIpc) is 2.47. The van der Waals surface area contributed by atoms with E-state index in [1.165, 1.54) is 5.56 Å². The molecule has 7 heteroatoms. The zero-order valence-electron chi connectivity index (χ0n) is 11.4. The summed E-state index contributed by atoms with van der Waals surface area (Å²) < 4.78 is 29.8. The molecule has 22 heavy (non-hydrogen) atoms. The largest absolute Gasteiger partial charge is 0.507 e. The Balaban J connectivity index is 0.000000255. The third-order valence-electron chi connectivity index (χ3n) is 2.53. The van der Waals surface area contributed by atoms with Gasteiger partial charge in [-0.25, -0.2) is 4.79 Å². The molecule has 0 radical (unpaired) electrons. The van der Waals surface area contributed by atoms with E-state index in [9.17, 15) is 13.2 Å². The van der Waals surface area contributed by atoms with Gasteiger partial charge >= 0.3 is 5.97 Å². The first-order chi connectivity index (χ1) is 10.3. The molecule has 0 saturated carbocycles. The Kier molecular flexibility index (Phi) is 5.85. The average molecular weight is 322 g/mol. The first-order valence-corrected chi connectivity index (χ1v) is 7.41. The standard InChI is InChI=1S/C8H8.C7H6O6S/c1-2-8-6-4-3-5-7-8;8-6-2-1-4(14(11,12)13)3-5(6)7(9)10/h2-7H,1H2;1-3,8H,(H,9,10)(H,11,12,13). The lowest BCUT2D eigenvalue weighted by Gasteiger charge is -2.01. The van der Waals surface area contributed by atoms with Gasteiger partial charge in [-0.15, -0.1) is 0 Å². The lowest BCUT2D eigenvalue weighted by atomic mass is 10.2. The van der Waals surface area contributed by atoms with Crippen molar-refractivity contribution < 1.29 is 28.0 Å². The second kappa shape index (κ2) is 7.39.